The highest BCUT2D eigenvalue weighted by atomic mass is 16.4. The van der Waals surface area contributed by atoms with Crippen LogP contribution in [0.3, 0.4) is 0 Å². The van der Waals surface area contributed by atoms with Crippen molar-refractivity contribution in [1.82, 2.24) is 0 Å². The van der Waals surface area contributed by atoms with Crippen LogP contribution in [0.25, 0.3) is 0 Å². The highest BCUT2D eigenvalue weighted by Crippen LogP contribution is 1.99. The van der Waals surface area contributed by atoms with Gasteiger partial charge in [0.25, 0.3) is 0 Å². The number of hydrogen-bond donors (Lipinski definition) is 3. The first-order valence-corrected chi connectivity index (χ1v) is 9.10. The monoisotopic (exact) mass is 360 g/mol. The number of carboxylic acid groups (broad SMARTS) is 1. The predicted molar refractivity (Wildman–Crippen MR) is 108 cm³/mol. The standard InChI is InChI=1S/C22H32O4/c1-2-20(23)16-12-10-11-14-18-21(24)17-13-8-6-4-3-5-7-9-15-19-22(25)26/h3-4,7-14,16,18,20-21,23-24H,2,5-6,15,17,19H2,1H3,(H,25,26)/b4-3-,9-7-,11-10-,13-8-,16-12+,18-14+/t20-,21-/m0/s1. The molecule has 0 aliphatic rings. The smallest absolute Gasteiger partial charge is 0.303 e. The van der Waals surface area contributed by atoms with Crippen LogP contribution in [0.2, 0.25) is 0 Å². The quantitative estimate of drug-likeness (QED) is 0.315. The van der Waals surface area contributed by atoms with Crippen molar-refractivity contribution in [3.63, 3.8) is 0 Å². The second-order valence-corrected chi connectivity index (χ2v) is 5.75. The van der Waals surface area contributed by atoms with Crippen LogP contribution in [0.15, 0.2) is 72.9 Å². The molecule has 0 spiro atoms. The van der Waals surface area contributed by atoms with Gasteiger partial charge < -0.3 is 15.3 Å². The summed E-state index contributed by atoms with van der Waals surface area (Å²) in [7, 11) is 0. The fourth-order valence-corrected chi connectivity index (χ4v) is 1.83. The summed E-state index contributed by atoms with van der Waals surface area (Å²) in [6.07, 6.45) is 25.2. The van der Waals surface area contributed by atoms with Crippen LogP contribution in [0.1, 0.15) is 45.4 Å². The van der Waals surface area contributed by atoms with Gasteiger partial charge in [-0.3, -0.25) is 4.79 Å². The topological polar surface area (TPSA) is 77.8 Å². The second-order valence-electron chi connectivity index (χ2n) is 5.75. The Morgan fingerprint density at radius 2 is 1.35 bits per heavy atom. The number of hydrogen-bond acceptors (Lipinski definition) is 3. The van der Waals surface area contributed by atoms with Gasteiger partial charge >= 0.3 is 5.97 Å². The van der Waals surface area contributed by atoms with E-state index >= 15 is 0 Å². The van der Waals surface area contributed by atoms with E-state index in [1.807, 2.05) is 55.5 Å². The van der Waals surface area contributed by atoms with Crippen LogP contribution in [-0.4, -0.2) is 33.5 Å². The van der Waals surface area contributed by atoms with Crippen molar-refractivity contribution in [2.45, 2.75) is 57.7 Å². The predicted octanol–water partition coefficient (Wildman–Crippen LogP) is 4.49. The first-order valence-electron chi connectivity index (χ1n) is 9.10. The molecule has 0 aromatic carbocycles. The molecule has 144 valence electrons. The van der Waals surface area contributed by atoms with E-state index in [-0.39, 0.29) is 6.42 Å². The van der Waals surface area contributed by atoms with Gasteiger partial charge in [0.1, 0.15) is 0 Å². The summed E-state index contributed by atoms with van der Waals surface area (Å²) >= 11 is 0. The first kappa shape index (κ1) is 23.8. The fourth-order valence-electron chi connectivity index (χ4n) is 1.83. The third-order valence-corrected chi connectivity index (χ3v) is 3.36. The molecule has 4 heteroatoms. The third-order valence-electron chi connectivity index (χ3n) is 3.36. The van der Waals surface area contributed by atoms with E-state index in [0.29, 0.717) is 19.3 Å². The molecule has 0 unspecified atom stereocenters. The number of carbonyl (C=O) groups is 1. The van der Waals surface area contributed by atoms with E-state index in [9.17, 15) is 15.0 Å². The zero-order valence-corrected chi connectivity index (χ0v) is 15.6. The van der Waals surface area contributed by atoms with Gasteiger partial charge in [-0.25, -0.2) is 0 Å². The lowest BCUT2D eigenvalue weighted by Crippen LogP contribution is -1.98. The number of carboxylic acids is 1. The SMILES string of the molecule is CC[C@H](O)/C=C/C=C\C=C\[C@@H](O)C/C=C\C/C=C\C/C=C\CCC(=O)O. The van der Waals surface area contributed by atoms with Gasteiger partial charge in [-0.2, -0.15) is 0 Å². The van der Waals surface area contributed by atoms with Gasteiger partial charge in [-0.1, -0.05) is 79.8 Å². The van der Waals surface area contributed by atoms with E-state index in [1.165, 1.54) is 0 Å². The van der Waals surface area contributed by atoms with Crippen molar-refractivity contribution in [3.8, 4) is 0 Å². The summed E-state index contributed by atoms with van der Waals surface area (Å²) in [5, 5.41) is 27.6. The summed E-state index contributed by atoms with van der Waals surface area (Å²) in [4.78, 5) is 10.3. The summed E-state index contributed by atoms with van der Waals surface area (Å²) < 4.78 is 0. The lowest BCUT2D eigenvalue weighted by Gasteiger charge is -1.98. The highest BCUT2D eigenvalue weighted by Gasteiger charge is 1.93. The van der Waals surface area contributed by atoms with Gasteiger partial charge in [0.15, 0.2) is 0 Å². The molecule has 0 rings (SSSR count). The molecule has 0 saturated carbocycles. The van der Waals surface area contributed by atoms with E-state index in [1.54, 1.807) is 24.3 Å². The fraction of sp³-hybridized carbons (Fsp3) is 0.409. The van der Waals surface area contributed by atoms with Crippen LogP contribution < -0.4 is 0 Å². The number of aliphatic hydroxyl groups excluding tert-OH is 2. The molecule has 0 radical (unpaired) electrons. The molecule has 3 N–H and O–H groups in total. The summed E-state index contributed by atoms with van der Waals surface area (Å²) in [6.45, 7) is 1.92. The van der Waals surface area contributed by atoms with Crippen LogP contribution in [0.5, 0.6) is 0 Å². The number of aliphatic carboxylic acids is 1. The average molecular weight is 360 g/mol. The minimum atomic E-state index is -0.771. The zero-order chi connectivity index (χ0) is 19.5. The Kier molecular flexibility index (Phi) is 16.2. The first-order chi connectivity index (χ1) is 12.6. The Balaban J connectivity index is 3.78. The van der Waals surface area contributed by atoms with Gasteiger partial charge in [0.2, 0.25) is 0 Å². The van der Waals surface area contributed by atoms with Gasteiger partial charge in [-0.05, 0) is 32.1 Å². The highest BCUT2D eigenvalue weighted by molar-refractivity contribution is 5.66. The minimum absolute atomic E-state index is 0.175. The molecule has 0 saturated heterocycles. The van der Waals surface area contributed by atoms with Crippen molar-refractivity contribution in [2.24, 2.45) is 0 Å². The summed E-state index contributed by atoms with van der Waals surface area (Å²) in [5.74, 6) is -0.771. The van der Waals surface area contributed by atoms with Crippen molar-refractivity contribution < 1.29 is 20.1 Å². The Morgan fingerprint density at radius 3 is 1.92 bits per heavy atom. The summed E-state index contributed by atoms with van der Waals surface area (Å²) in [5.41, 5.74) is 0. The Bertz CT molecular complexity index is 524. The van der Waals surface area contributed by atoms with Gasteiger partial charge in [0, 0.05) is 6.42 Å². The number of aliphatic hydroxyl groups is 2. The Hall–Kier alpha value is -2.17. The lowest BCUT2D eigenvalue weighted by atomic mass is 10.2. The number of allylic oxidation sites excluding steroid dienone is 9. The Morgan fingerprint density at radius 1 is 0.808 bits per heavy atom. The normalized spacial score (nSPS) is 15.5. The molecule has 0 aliphatic heterocycles. The van der Waals surface area contributed by atoms with E-state index < -0.39 is 18.2 Å². The molecular weight excluding hydrogens is 328 g/mol. The molecule has 0 aliphatic carbocycles. The maximum Gasteiger partial charge on any atom is 0.303 e. The van der Waals surface area contributed by atoms with E-state index in [4.69, 9.17) is 5.11 Å². The van der Waals surface area contributed by atoms with Gasteiger partial charge in [0.05, 0.1) is 12.2 Å². The summed E-state index contributed by atoms with van der Waals surface area (Å²) in [6, 6.07) is 0. The van der Waals surface area contributed by atoms with Crippen LogP contribution in [0.4, 0.5) is 0 Å². The van der Waals surface area contributed by atoms with E-state index in [0.717, 1.165) is 12.8 Å². The van der Waals surface area contributed by atoms with Crippen LogP contribution in [-0.2, 0) is 4.79 Å². The van der Waals surface area contributed by atoms with Crippen molar-refractivity contribution in [3.05, 3.63) is 72.9 Å². The number of rotatable bonds is 14. The van der Waals surface area contributed by atoms with Crippen LogP contribution in [0, 0.1) is 0 Å². The molecule has 26 heavy (non-hydrogen) atoms. The molecule has 0 aromatic heterocycles. The molecule has 2 atom stereocenters. The largest absolute Gasteiger partial charge is 0.481 e. The van der Waals surface area contributed by atoms with Gasteiger partial charge in [-0.15, -0.1) is 0 Å². The molecule has 0 heterocycles. The van der Waals surface area contributed by atoms with Crippen LogP contribution >= 0.6 is 0 Å². The zero-order valence-electron chi connectivity index (χ0n) is 15.6. The van der Waals surface area contributed by atoms with Crippen molar-refractivity contribution in [1.29, 1.82) is 0 Å². The molecule has 0 amide bonds. The minimum Gasteiger partial charge on any atom is -0.481 e. The average Bonchev–Trinajstić information content (AvgIpc) is 2.61. The maximum absolute atomic E-state index is 10.3. The second kappa shape index (κ2) is 17.6. The lowest BCUT2D eigenvalue weighted by molar-refractivity contribution is -0.136. The third kappa shape index (κ3) is 18.2. The Labute approximate surface area is 157 Å². The molecule has 0 fully saturated rings. The molecular formula is C22H32O4. The molecule has 4 nitrogen and oxygen atoms in total. The van der Waals surface area contributed by atoms with Crippen molar-refractivity contribution >= 4 is 5.97 Å². The van der Waals surface area contributed by atoms with E-state index in [2.05, 4.69) is 0 Å². The maximum atomic E-state index is 10.3. The molecule has 0 bridgehead atoms. The van der Waals surface area contributed by atoms with Crippen molar-refractivity contribution in [2.75, 3.05) is 0 Å². The molecule has 0 aromatic rings.